The molecule has 34 heavy (non-hydrogen) atoms. The number of anilines is 2. The van der Waals surface area contributed by atoms with E-state index in [1.807, 2.05) is 38.1 Å². The van der Waals surface area contributed by atoms with Gasteiger partial charge in [0, 0.05) is 31.5 Å². The third-order valence-electron chi connectivity index (χ3n) is 5.69. The standard InChI is InChI=1S/C25H25N3O4S2/c1-15-9-10-18(16(2)13-15)26-20(29)14-28-19-8-5-4-7-17(19)21(23(28)30)22-24(31)27(25(33)34-22)11-6-12-32-3/h4-5,7-10,13H,6,11-12,14H2,1-3H3,(H,26,29)/b22-21-. The molecular weight excluding hydrogens is 470 g/mol. The van der Waals surface area contributed by atoms with Crippen molar-refractivity contribution in [3.63, 3.8) is 0 Å². The molecule has 1 N–H and O–H groups in total. The summed E-state index contributed by atoms with van der Waals surface area (Å²) in [7, 11) is 1.60. The van der Waals surface area contributed by atoms with E-state index in [4.69, 9.17) is 17.0 Å². The maximum Gasteiger partial charge on any atom is 0.267 e. The molecule has 0 aliphatic carbocycles. The molecule has 1 saturated heterocycles. The first kappa shape index (κ1) is 24.1. The molecule has 2 aliphatic rings. The highest BCUT2D eigenvalue weighted by molar-refractivity contribution is 8.26. The smallest absolute Gasteiger partial charge is 0.267 e. The van der Waals surface area contributed by atoms with Crippen molar-refractivity contribution in [2.45, 2.75) is 20.3 Å². The summed E-state index contributed by atoms with van der Waals surface area (Å²) in [5, 5.41) is 2.89. The van der Waals surface area contributed by atoms with E-state index in [0.717, 1.165) is 22.9 Å². The molecule has 0 spiro atoms. The second-order valence-electron chi connectivity index (χ2n) is 8.15. The van der Waals surface area contributed by atoms with Gasteiger partial charge in [-0.1, -0.05) is 59.9 Å². The molecule has 0 bridgehead atoms. The maximum absolute atomic E-state index is 13.5. The summed E-state index contributed by atoms with van der Waals surface area (Å²) < 4.78 is 5.49. The highest BCUT2D eigenvalue weighted by atomic mass is 32.2. The Kier molecular flexibility index (Phi) is 7.16. The lowest BCUT2D eigenvalue weighted by molar-refractivity contribution is -0.122. The first-order valence-electron chi connectivity index (χ1n) is 10.9. The van der Waals surface area contributed by atoms with Crippen LogP contribution in [0.1, 0.15) is 23.1 Å². The first-order chi connectivity index (χ1) is 16.3. The lowest BCUT2D eigenvalue weighted by Gasteiger charge is -2.17. The largest absolute Gasteiger partial charge is 0.385 e. The van der Waals surface area contributed by atoms with Gasteiger partial charge >= 0.3 is 0 Å². The van der Waals surface area contributed by atoms with E-state index in [2.05, 4.69) is 5.32 Å². The average Bonchev–Trinajstić information content (AvgIpc) is 3.23. The summed E-state index contributed by atoms with van der Waals surface area (Å²) in [4.78, 5) is 42.8. The fourth-order valence-electron chi connectivity index (χ4n) is 4.05. The molecule has 0 unspecified atom stereocenters. The number of nitrogens with zero attached hydrogens (tertiary/aromatic N) is 2. The molecule has 9 heteroatoms. The SMILES string of the molecule is COCCCN1C(=O)/C(=C2/C(=O)N(CC(=O)Nc3ccc(C)cc3C)c3ccccc32)SC1=S. The van der Waals surface area contributed by atoms with Crippen molar-refractivity contribution < 1.29 is 19.1 Å². The third-order valence-corrected chi connectivity index (χ3v) is 7.14. The number of rotatable bonds is 7. The van der Waals surface area contributed by atoms with Gasteiger partial charge in [0.2, 0.25) is 5.91 Å². The topological polar surface area (TPSA) is 79.0 Å². The van der Waals surface area contributed by atoms with Crippen molar-refractivity contribution in [3.8, 4) is 0 Å². The number of hydrogen-bond donors (Lipinski definition) is 1. The number of thioether (sulfide) groups is 1. The van der Waals surface area contributed by atoms with E-state index in [1.54, 1.807) is 25.3 Å². The highest BCUT2D eigenvalue weighted by Gasteiger charge is 2.42. The van der Waals surface area contributed by atoms with Crippen LogP contribution in [0.5, 0.6) is 0 Å². The Morgan fingerprint density at radius 3 is 2.59 bits per heavy atom. The lowest BCUT2D eigenvalue weighted by atomic mass is 10.1. The Labute approximate surface area is 208 Å². The van der Waals surface area contributed by atoms with Crippen molar-refractivity contribution in [1.29, 1.82) is 0 Å². The van der Waals surface area contributed by atoms with Crippen molar-refractivity contribution in [2.75, 3.05) is 37.0 Å². The van der Waals surface area contributed by atoms with Gasteiger partial charge in [-0.15, -0.1) is 0 Å². The average molecular weight is 496 g/mol. The summed E-state index contributed by atoms with van der Waals surface area (Å²) in [5.41, 5.74) is 4.27. The molecule has 0 radical (unpaired) electrons. The Morgan fingerprint density at radius 1 is 1.09 bits per heavy atom. The van der Waals surface area contributed by atoms with E-state index >= 15 is 0 Å². The molecule has 2 aromatic carbocycles. The van der Waals surface area contributed by atoms with Gasteiger partial charge < -0.3 is 10.1 Å². The Morgan fingerprint density at radius 2 is 1.85 bits per heavy atom. The lowest BCUT2D eigenvalue weighted by Crippen LogP contribution is -2.35. The van der Waals surface area contributed by atoms with Crippen LogP contribution in [0.15, 0.2) is 47.4 Å². The molecule has 0 saturated carbocycles. The number of benzene rings is 2. The molecule has 0 atom stereocenters. The fourth-order valence-corrected chi connectivity index (χ4v) is 5.43. The minimum Gasteiger partial charge on any atom is -0.385 e. The van der Waals surface area contributed by atoms with Crippen LogP contribution < -0.4 is 10.2 Å². The summed E-state index contributed by atoms with van der Waals surface area (Å²) in [5.74, 6) is -0.983. The number of carbonyl (C=O) groups excluding carboxylic acids is 3. The van der Waals surface area contributed by atoms with E-state index in [9.17, 15) is 14.4 Å². The van der Waals surface area contributed by atoms with Crippen LogP contribution in [0.25, 0.3) is 5.57 Å². The van der Waals surface area contributed by atoms with Crippen molar-refractivity contribution in [1.82, 2.24) is 4.90 Å². The molecular formula is C25H25N3O4S2. The number of methoxy groups -OCH3 is 1. The van der Waals surface area contributed by atoms with E-state index in [1.165, 1.54) is 9.80 Å². The van der Waals surface area contributed by atoms with E-state index < -0.39 is 0 Å². The minimum absolute atomic E-state index is 0.166. The molecule has 7 nitrogen and oxygen atoms in total. The van der Waals surface area contributed by atoms with Gasteiger partial charge in [0.25, 0.3) is 11.8 Å². The van der Waals surface area contributed by atoms with Gasteiger partial charge in [-0.25, -0.2) is 0 Å². The normalized spacial score (nSPS) is 17.6. The zero-order chi connectivity index (χ0) is 24.4. The monoisotopic (exact) mass is 495 g/mol. The maximum atomic E-state index is 13.5. The number of hydrogen-bond acceptors (Lipinski definition) is 6. The van der Waals surface area contributed by atoms with Crippen molar-refractivity contribution >= 4 is 63.0 Å². The summed E-state index contributed by atoms with van der Waals surface area (Å²) in [6, 6.07) is 12.9. The number of thiocarbonyl (C=S) groups is 1. The van der Waals surface area contributed by atoms with Crippen LogP contribution in [-0.2, 0) is 19.1 Å². The minimum atomic E-state index is -0.380. The van der Waals surface area contributed by atoms with Gasteiger partial charge in [0.1, 0.15) is 10.9 Å². The van der Waals surface area contributed by atoms with Gasteiger partial charge in [-0.2, -0.15) is 0 Å². The fraction of sp³-hybridized carbons (Fsp3) is 0.280. The number of carbonyl (C=O) groups is 3. The number of ether oxygens (including phenoxy) is 1. The molecule has 2 aliphatic heterocycles. The Balaban J connectivity index is 1.60. The molecule has 2 aromatic rings. The molecule has 1 fully saturated rings. The number of para-hydroxylation sites is 1. The first-order valence-corrected chi connectivity index (χ1v) is 12.1. The highest BCUT2D eigenvalue weighted by Crippen LogP contribution is 2.44. The molecule has 3 amide bonds. The van der Waals surface area contributed by atoms with Crippen LogP contribution in [0.3, 0.4) is 0 Å². The second kappa shape index (κ2) is 10.1. The van der Waals surface area contributed by atoms with Crippen LogP contribution in [-0.4, -0.2) is 53.7 Å². The van der Waals surface area contributed by atoms with Gasteiger partial charge in [0.05, 0.1) is 16.2 Å². The van der Waals surface area contributed by atoms with Crippen LogP contribution in [0.4, 0.5) is 11.4 Å². The zero-order valence-electron chi connectivity index (χ0n) is 19.2. The Bertz CT molecular complexity index is 1220. The summed E-state index contributed by atoms with van der Waals surface area (Å²) in [6.45, 7) is 4.67. The quantitative estimate of drug-likeness (QED) is 0.357. The van der Waals surface area contributed by atoms with Gasteiger partial charge in [-0.05, 0) is 38.0 Å². The van der Waals surface area contributed by atoms with Gasteiger partial charge in [0.15, 0.2) is 0 Å². The summed E-state index contributed by atoms with van der Waals surface area (Å²) in [6.07, 6.45) is 0.640. The number of nitrogens with one attached hydrogen (secondary N) is 1. The van der Waals surface area contributed by atoms with Crippen LogP contribution in [0, 0.1) is 13.8 Å². The molecule has 4 rings (SSSR count). The van der Waals surface area contributed by atoms with Gasteiger partial charge in [-0.3, -0.25) is 24.2 Å². The number of aryl methyl sites for hydroxylation is 2. The molecule has 176 valence electrons. The van der Waals surface area contributed by atoms with Crippen molar-refractivity contribution in [2.24, 2.45) is 0 Å². The van der Waals surface area contributed by atoms with E-state index in [0.29, 0.717) is 51.3 Å². The zero-order valence-corrected chi connectivity index (χ0v) is 20.8. The predicted octanol–water partition coefficient (Wildman–Crippen LogP) is 3.90. The Hall–Kier alpha value is -3.01. The molecule has 2 heterocycles. The third kappa shape index (κ3) is 4.64. The number of amides is 3. The van der Waals surface area contributed by atoms with Crippen LogP contribution >= 0.6 is 24.0 Å². The predicted molar refractivity (Wildman–Crippen MR) is 139 cm³/mol. The van der Waals surface area contributed by atoms with Crippen LogP contribution in [0.2, 0.25) is 0 Å². The second-order valence-corrected chi connectivity index (χ2v) is 9.79. The number of fused-ring (bicyclic) bond motifs is 1. The van der Waals surface area contributed by atoms with E-state index in [-0.39, 0.29) is 24.3 Å². The molecule has 0 aromatic heterocycles. The van der Waals surface area contributed by atoms with Crippen molar-refractivity contribution in [3.05, 3.63) is 64.1 Å². The summed E-state index contributed by atoms with van der Waals surface area (Å²) >= 11 is 6.54.